The Labute approximate surface area is 273 Å². The average Bonchev–Trinajstić information content (AvgIpc) is 3.87. The van der Waals surface area contributed by atoms with Gasteiger partial charge < -0.3 is 20.9 Å². The minimum Gasteiger partial charge on any atom is -0.438 e. The summed E-state index contributed by atoms with van der Waals surface area (Å²) in [6, 6.07) is 24.4. The van der Waals surface area contributed by atoms with E-state index in [0.717, 1.165) is 55.2 Å². The van der Waals surface area contributed by atoms with Crippen LogP contribution in [0.5, 0.6) is 0 Å². The highest BCUT2D eigenvalue weighted by Gasteiger charge is 2.48. The number of nitrogens with two attached hydrogens (primary N) is 2. The number of hydrazine groups is 1. The predicted octanol–water partition coefficient (Wildman–Crippen LogP) is 5.65. The summed E-state index contributed by atoms with van der Waals surface area (Å²) in [6.07, 6.45) is 4.16. The minimum absolute atomic E-state index is 0.0624. The average molecular weight is 645 g/mol. The molecule has 3 aromatic carbocycles. The first kappa shape index (κ1) is 33.4. The van der Waals surface area contributed by atoms with Gasteiger partial charge in [0, 0.05) is 12.0 Å². The Morgan fingerprint density at radius 1 is 0.723 bits per heavy atom. The van der Waals surface area contributed by atoms with Crippen molar-refractivity contribution in [2.45, 2.75) is 56.3 Å². The summed E-state index contributed by atoms with van der Waals surface area (Å²) >= 11 is 0. The van der Waals surface area contributed by atoms with E-state index < -0.39 is 42.6 Å². The molecule has 11 heteroatoms. The lowest BCUT2D eigenvalue weighted by molar-refractivity contribution is -0.123. The van der Waals surface area contributed by atoms with E-state index in [2.05, 4.69) is 24.3 Å². The largest absolute Gasteiger partial charge is 0.438 e. The van der Waals surface area contributed by atoms with Gasteiger partial charge in [-0.1, -0.05) is 66.7 Å². The van der Waals surface area contributed by atoms with E-state index in [1.165, 1.54) is 27.7 Å². The quantitative estimate of drug-likeness (QED) is 0.244. The Hall–Kier alpha value is -4.93. The number of amides is 4. The van der Waals surface area contributed by atoms with Crippen LogP contribution in [0, 0.1) is 11.7 Å². The van der Waals surface area contributed by atoms with Crippen molar-refractivity contribution in [1.82, 2.24) is 10.0 Å². The van der Waals surface area contributed by atoms with Gasteiger partial charge in [-0.2, -0.15) is 0 Å². The van der Waals surface area contributed by atoms with Gasteiger partial charge >= 0.3 is 12.2 Å². The second-order valence-electron chi connectivity index (χ2n) is 12.5. The van der Waals surface area contributed by atoms with Crippen LogP contribution in [0.1, 0.15) is 62.0 Å². The van der Waals surface area contributed by atoms with E-state index in [9.17, 15) is 23.6 Å². The van der Waals surface area contributed by atoms with E-state index in [1.54, 1.807) is 12.1 Å². The zero-order valence-electron chi connectivity index (χ0n) is 26.3. The number of carbonyl (C=O) groups is 4. The van der Waals surface area contributed by atoms with Crippen molar-refractivity contribution < 1.29 is 33.0 Å². The molecule has 5 rings (SSSR count). The summed E-state index contributed by atoms with van der Waals surface area (Å²) in [7, 11) is 0. The molecule has 0 aromatic heterocycles. The first-order valence-corrected chi connectivity index (χ1v) is 16.0. The van der Waals surface area contributed by atoms with Crippen molar-refractivity contribution in [3.63, 3.8) is 0 Å². The minimum atomic E-state index is -0.929. The van der Waals surface area contributed by atoms with Gasteiger partial charge in [0.1, 0.15) is 5.82 Å². The SMILES string of the molecule is NC(=O)COC(=O)N(CCC1CCC(c2ccccc2)CC1)N(CC1(c2ccc(-c3ccc(F)cc3)cc2)CC1)C(=O)OCC(N)=O. The molecular formula is C36H41FN4O6. The third-order valence-electron chi connectivity index (χ3n) is 9.24. The molecule has 2 saturated carbocycles. The van der Waals surface area contributed by atoms with Crippen LogP contribution in [0.4, 0.5) is 14.0 Å². The lowest BCUT2D eigenvalue weighted by Gasteiger charge is -2.37. The van der Waals surface area contributed by atoms with Gasteiger partial charge in [0.25, 0.3) is 11.8 Å². The third-order valence-corrected chi connectivity index (χ3v) is 9.24. The molecule has 248 valence electrons. The second-order valence-corrected chi connectivity index (χ2v) is 12.5. The Kier molecular flexibility index (Phi) is 10.7. The van der Waals surface area contributed by atoms with Gasteiger partial charge in [0.15, 0.2) is 13.2 Å². The van der Waals surface area contributed by atoms with Crippen LogP contribution in [0.25, 0.3) is 11.1 Å². The highest BCUT2D eigenvalue weighted by atomic mass is 19.1. The highest BCUT2D eigenvalue weighted by molar-refractivity contribution is 5.81. The summed E-state index contributed by atoms with van der Waals surface area (Å²) in [6.45, 7) is -1.13. The molecule has 0 saturated heterocycles. The molecule has 0 aliphatic heterocycles. The van der Waals surface area contributed by atoms with Crippen LogP contribution in [0.15, 0.2) is 78.9 Å². The molecular weight excluding hydrogens is 603 g/mol. The molecule has 2 aliphatic rings. The highest BCUT2D eigenvalue weighted by Crippen LogP contribution is 2.49. The lowest BCUT2D eigenvalue weighted by atomic mass is 9.77. The number of rotatable bonds is 12. The number of hydrogen-bond acceptors (Lipinski definition) is 6. The number of ether oxygens (including phenoxy) is 2. The Morgan fingerprint density at radius 3 is 1.79 bits per heavy atom. The molecule has 47 heavy (non-hydrogen) atoms. The molecule has 0 atom stereocenters. The molecule has 0 radical (unpaired) electrons. The smallest absolute Gasteiger partial charge is 0.429 e. The molecule has 0 heterocycles. The van der Waals surface area contributed by atoms with Crippen molar-refractivity contribution in [3.8, 4) is 11.1 Å². The molecule has 0 bridgehead atoms. The van der Waals surface area contributed by atoms with Crippen LogP contribution in [-0.2, 0) is 24.5 Å². The molecule has 4 N–H and O–H groups in total. The first-order chi connectivity index (χ1) is 22.6. The molecule has 3 aromatic rings. The van der Waals surface area contributed by atoms with Gasteiger partial charge in [-0.25, -0.2) is 24.0 Å². The fourth-order valence-corrected chi connectivity index (χ4v) is 6.42. The number of carbonyl (C=O) groups excluding carboxylic acids is 4. The second kappa shape index (κ2) is 15.1. The molecule has 0 unspecified atom stereocenters. The van der Waals surface area contributed by atoms with E-state index in [1.807, 2.05) is 30.3 Å². The van der Waals surface area contributed by atoms with Crippen LogP contribution in [0.3, 0.4) is 0 Å². The van der Waals surface area contributed by atoms with E-state index in [0.29, 0.717) is 18.3 Å². The summed E-state index contributed by atoms with van der Waals surface area (Å²) in [5.41, 5.74) is 14.0. The first-order valence-electron chi connectivity index (χ1n) is 16.0. The maximum atomic E-state index is 13.5. The fraction of sp³-hybridized carbons (Fsp3) is 0.389. The van der Waals surface area contributed by atoms with Crippen LogP contribution in [-0.4, -0.2) is 60.3 Å². The zero-order chi connectivity index (χ0) is 33.4. The van der Waals surface area contributed by atoms with Crippen LogP contribution in [0.2, 0.25) is 0 Å². The van der Waals surface area contributed by atoms with Crippen molar-refractivity contribution in [2.24, 2.45) is 17.4 Å². The number of halogens is 1. The number of primary amides is 2. The molecule has 0 spiro atoms. The van der Waals surface area contributed by atoms with Gasteiger partial charge in [0.2, 0.25) is 0 Å². The van der Waals surface area contributed by atoms with Gasteiger partial charge in [-0.05, 0) is 91.2 Å². The van der Waals surface area contributed by atoms with Crippen LogP contribution < -0.4 is 11.5 Å². The molecule has 2 fully saturated rings. The summed E-state index contributed by atoms with van der Waals surface area (Å²) in [5, 5.41) is 2.34. The van der Waals surface area contributed by atoms with Gasteiger partial charge in [-0.15, -0.1) is 0 Å². The van der Waals surface area contributed by atoms with Gasteiger partial charge in [0.05, 0.1) is 6.54 Å². The fourth-order valence-electron chi connectivity index (χ4n) is 6.42. The van der Waals surface area contributed by atoms with Gasteiger partial charge in [-0.3, -0.25) is 9.59 Å². The van der Waals surface area contributed by atoms with Crippen molar-refractivity contribution >= 4 is 24.0 Å². The summed E-state index contributed by atoms with van der Waals surface area (Å²) in [4.78, 5) is 49.9. The normalized spacial score (nSPS) is 18.1. The van der Waals surface area contributed by atoms with Crippen LogP contribution >= 0.6 is 0 Å². The van der Waals surface area contributed by atoms with E-state index >= 15 is 0 Å². The summed E-state index contributed by atoms with van der Waals surface area (Å²) < 4.78 is 23.8. The topological polar surface area (TPSA) is 145 Å². The van der Waals surface area contributed by atoms with E-state index in [-0.39, 0.29) is 18.9 Å². The van der Waals surface area contributed by atoms with Crippen molar-refractivity contribution in [2.75, 3.05) is 26.3 Å². The zero-order valence-corrected chi connectivity index (χ0v) is 26.3. The number of hydrogen-bond donors (Lipinski definition) is 2. The predicted molar refractivity (Wildman–Crippen MR) is 173 cm³/mol. The molecule has 4 amide bonds. The third kappa shape index (κ3) is 8.87. The monoisotopic (exact) mass is 644 g/mol. The van der Waals surface area contributed by atoms with Crippen molar-refractivity contribution in [1.29, 1.82) is 0 Å². The number of benzene rings is 3. The lowest BCUT2D eigenvalue weighted by Crippen LogP contribution is -2.54. The number of nitrogens with zero attached hydrogens (tertiary/aromatic N) is 2. The maximum Gasteiger partial charge on any atom is 0.429 e. The maximum absolute atomic E-state index is 13.5. The van der Waals surface area contributed by atoms with E-state index in [4.69, 9.17) is 20.9 Å². The Balaban J connectivity index is 1.34. The Morgan fingerprint density at radius 2 is 1.26 bits per heavy atom. The Bertz CT molecular complexity index is 1540. The molecule has 10 nitrogen and oxygen atoms in total. The summed E-state index contributed by atoms with van der Waals surface area (Å²) in [5.74, 6) is -1.20. The molecule has 2 aliphatic carbocycles. The standard InChI is InChI=1S/C36H41FN4O6/c37-31-16-12-29(13-17-31)28-10-14-30(15-11-28)36(19-20-36)24-41(35(45)47-23-33(39)43)40(34(44)46-22-32(38)42)21-18-25-6-8-27(9-7-25)26-4-2-1-3-5-26/h1-5,10-17,25,27H,6-9,18-24H2,(H2,38,42)(H2,39,43). The van der Waals surface area contributed by atoms with Crippen molar-refractivity contribution in [3.05, 3.63) is 95.8 Å².